The van der Waals surface area contributed by atoms with E-state index in [-0.39, 0.29) is 11.5 Å². The van der Waals surface area contributed by atoms with Crippen molar-refractivity contribution in [3.8, 4) is 0 Å². The van der Waals surface area contributed by atoms with Gasteiger partial charge in [0.1, 0.15) is 11.0 Å². The molecule has 0 aromatic rings. The highest BCUT2D eigenvalue weighted by Gasteiger charge is 2.23. The molecule has 72 valence electrons. The molecule has 0 N–H and O–H groups in total. The van der Waals surface area contributed by atoms with Crippen molar-refractivity contribution >= 4 is 15.6 Å². The fourth-order valence-corrected chi connectivity index (χ4v) is 2.33. The number of ketones is 1. The minimum absolute atomic E-state index is 0.129. The summed E-state index contributed by atoms with van der Waals surface area (Å²) in [5.41, 5.74) is 0. The normalized spacial score (nSPS) is 14.2. The lowest BCUT2D eigenvalue weighted by molar-refractivity contribution is -0.116. The molecule has 0 aliphatic rings. The summed E-state index contributed by atoms with van der Waals surface area (Å²) < 4.78 is 22.6. The number of hydrogen-bond acceptors (Lipinski definition) is 3. The van der Waals surface area contributed by atoms with Crippen LogP contribution in [0.25, 0.3) is 0 Å². The summed E-state index contributed by atoms with van der Waals surface area (Å²) in [6.45, 7) is 4.69. The molecule has 0 spiro atoms. The van der Waals surface area contributed by atoms with Gasteiger partial charge in [-0.1, -0.05) is 13.3 Å². The van der Waals surface area contributed by atoms with Crippen LogP contribution in [0.15, 0.2) is 0 Å². The van der Waals surface area contributed by atoms with Gasteiger partial charge in [0.25, 0.3) is 0 Å². The number of sulfone groups is 1. The van der Waals surface area contributed by atoms with Crippen molar-refractivity contribution in [1.82, 2.24) is 0 Å². The van der Waals surface area contributed by atoms with E-state index in [1.54, 1.807) is 0 Å². The van der Waals surface area contributed by atoms with Crippen molar-refractivity contribution in [3.05, 3.63) is 0 Å². The second-order valence-electron chi connectivity index (χ2n) is 2.97. The Bertz CT molecular complexity index is 241. The predicted octanol–water partition coefficient (Wildman–Crippen LogP) is 1.18. The van der Waals surface area contributed by atoms with Crippen LogP contribution in [0.5, 0.6) is 0 Å². The first kappa shape index (κ1) is 11.6. The molecule has 0 aromatic carbocycles. The van der Waals surface area contributed by atoms with Crippen LogP contribution in [0, 0.1) is 0 Å². The van der Waals surface area contributed by atoms with Gasteiger partial charge in [0.2, 0.25) is 0 Å². The zero-order valence-electron chi connectivity index (χ0n) is 7.83. The Hall–Kier alpha value is -0.380. The fraction of sp³-hybridized carbons (Fsp3) is 0.875. The summed E-state index contributed by atoms with van der Waals surface area (Å²) in [6, 6.07) is 0. The van der Waals surface area contributed by atoms with Crippen molar-refractivity contribution in [2.45, 2.75) is 38.9 Å². The lowest BCUT2D eigenvalue weighted by Crippen LogP contribution is -2.27. The summed E-state index contributed by atoms with van der Waals surface area (Å²) in [7, 11) is -3.17. The SMILES string of the molecule is CCCCS(=O)(=O)C(C)C(C)=O. The molecule has 0 aliphatic heterocycles. The molecule has 0 saturated carbocycles. The lowest BCUT2D eigenvalue weighted by Gasteiger charge is -2.08. The summed E-state index contributed by atoms with van der Waals surface area (Å²) in [6.07, 6.45) is 1.48. The minimum Gasteiger partial charge on any atom is -0.299 e. The highest BCUT2D eigenvalue weighted by Crippen LogP contribution is 2.05. The summed E-state index contributed by atoms with van der Waals surface area (Å²) in [5, 5.41) is -0.830. The van der Waals surface area contributed by atoms with Gasteiger partial charge in [0, 0.05) is 0 Å². The monoisotopic (exact) mass is 192 g/mol. The van der Waals surface area contributed by atoms with Crippen LogP contribution in [0.1, 0.15) is 33.6 Å². The van der Waals surface area contributed by atoms with Gasteiger partial charge >= 0.3 is 0 Å². The van der Waals surface area contributed by atoms with Crippen LogP contribution in [-0.4, -0.2) is 25.2 Å². The number of carbonyl (C=O) groups excluding carboxylic acids is 1. The molecular formula is C8H16O3S. The van der Waals surface area contributed by atoms with E-state index in [0.29, 0.717) is 6.42 Å². The van der Waals surface area contributed by atoms with Gasteiger partial charge in [-0.05, 0) is 20.3 Å². The van der Waals surface area contributed by atoms with Gasteiger partial charge in [-0.3, -0.25) is 4.79 Å². The van der Waals surface area contributed by atoms with Crippen LogP contribution in [-0.2, 0) is 14.6 Å². The summed E-state index contributed by atoms with van der Waals surface area (Å²) in [4.78, 5) is 10.8. The second-order valence-corrected chi connectivity index (χ2v) is 5.41. The molecule has 0 fully saturated rings. The van der Waals surface area contributed by atoms with Gasteiger partial charge in [0.15, 0.2) is 9.84 Å². The van der Waals surface area contributed by atoms with Crippen LogP contribution in [0.2, 0.25) is 0 Å². The van der Waals surface area contributed by atoms with E-state index in [0.717, 1.165) is 6.42 Å². The third-order valence-electron chi connectivity index (χ3n) is 1.89. The Kier molecular flexibility index (Phi) is 4.45. The molecule has 3 nitrogen and oxygen atoms in total. The fourth-order valence-electron chi connectivity index (χ4n) is 0.775. The average molecular weight is 192 g/mol. The Morgan fingerprint density at radius 2 is 1.92 bits per heavy atom. The molecule has 0 rings (SSSR count). The number of Topliss-reactive ketones (excluding diaryl/α,β-unsaturated/α-hetero) is 1. The molecule has 0 aromatic heterocycles. The third-order valence-corrected chi connectivity index (χ3v) is 4.16. The zero-order chi connectivity index (χ0) is 9.78. The number of unbranched alkanes of at least 4 members (excludes halogenated alkanes) is 1. The molecule has 0 saturated heterocycles. The van der Waals surface area contributed by atoms with E-state index < -0.39 is 15.1 Å². The molecule has 0 aliphatic carbocycles. The summed E-state index contributed by atoms with van der Waals surface area (Å²) in [5.74, 6) is -0.143. The quantitative estimate of drug-likeness (QED) is 0.657. The molecule has 0 amide bonds. The minimum atomic E-state index is -3.17. The van der Waals surface area contributed by atoms with E-state index in [4.69, 9.17) is 0 Å². The van der Waals surface area contributed by atoms with Crippen molar-refractivity contribution in [1.29, 1.82) is 0 Å². The lowest BCUT2D eigenvalue weighted by atomic mass is 10.3. The molecular weight excluding hydrogens is 176 g/mol. The largest absolute Gasteiger partial charge is 0.299 e. The maximum Gasteiger partial charge on any atom is 0.159 e. The standard InChI is InChI=1S/C8H16O3S/c1-4-5-6-12(10,11)8(3)7(2)9/h8H,4-6H2,1-3H3. The Balaban J connectivity index is 4.31. The number of hydrogen-bond donors (Lipinski definition) is 0. The van der Waals surface area contributed by atoms with Gasteiger partial charge < -0.3 is 0 Å². The Morgan fingerprint density at radius 1 is 1.42 bits per heavy atom. The van der Waals surface area contributed by atoms with E-state index >= 15 is 0 Å². The third kappa shape index (κ3) is 3.34. The van der Waals surface area contributed by atoms with E-state index in [2.05, 4.69) is 0 Å². The maximum absolute atomic E-state index is 11.3. The molecule has 1 unspecified atom stereocenters. The van der Waals surface area contributed by atoms with E-state index in [9.17, 15) is 13.2 Å². The predicted molar refractivity (Wildman–Crippen MR) is 48.8 cm³/mol. The van der Waals surface area contributed by atoms with Crippen LogP contribution >= 0.6 is 0 Å². The van der Waals surface area contributed by atoms with Crippen LogP contribution in [0.3, 0.4) is 0 Å². The van der Waals surface area contributed by atoms with Crippen molar-refractivity contribution < 1.29 is 13.2 Å². The maximum atomic E-state index is 11.3. The van der Waals surface area contributed by atoms with E-state index in [1.807, 2.05) is 6.92 Å². The Labute approximate surface area is 74.1 Å². The van der Waals surface area contributed by atoms with Crippen molar-refractivity contribution in [2.75, 3.05) is 5.75 Å². The number of rotatable bonds is 5. The number of carbonyl (C=O) groups is 1. The highest BCUT2D eigenvalue weighted by molar-refractivity contribution is 7.92. The van der Waals surface area contributed by atoms with Gasteiger partial charge in [-0.2, -0.15) is 0 Å². The molecule has 4 heteroatoms. The van der Waals surface area contributed by atoms with Crippen LogP contribution in [0.4, 0.5) is 0 Å². The topological polar surface area (TPSA) is 51.2 Å². The van der Waals surface area contributed by atoms with Gasteiger partial charge in [0.05, 0.1) is 5.75 Å². The van der Waals surface area contributed by atoms with Crippen LogP contribution < -0.4 is 0 Å². The molecule has 1 atom stereocenters. The van der Waals surface area contributed by atoms with Gasteiger partial charge in [-0.25, -0.2) is 8.42 Å². The molecule has 0 radical (unpaired) electrons. The summed E-state index contributed by atoms with van der Waals surface area (Å²) >= 11 is 0. The molecule has 12 heavy (non-hydrogen) atoms. The van der Waals surface area contributed by atoms with Crippen molar-refractivity contribution in [3.63, 3.8) is 0 Å². The van der Waals surface area contributed by atoms with E-state index in [1.165, 1.54) is 13.8 Å². The molecule has 0 heterocycles. The first-order valence-corrected chi connectivity index (χ1v) is 5.85. The highest BCUT2D eigenvalue weighted by atomic mass is 32.2. The smallest absolute Gasteiger partial charge is 0.159 e. The Morgan fingerprint density at radius 3 is 2.25 bits per heavy atom. The van der Waals surface area contributed by atoms with Crippen molar-refractivity contribution in [2.24, 2.45) is 0 Å². The first-order chi connectivity index (χ1) is 5.41. The molecule has 0 bridgehead atoms. The average Bonchev–Trinajstić information content (AvgIpc) is 1.99. The first-order valence-electron chi connectivity index (χ1n) is 4.13. The second kappa shape index (κ2) is 4.60. The zero-order valence-corrected chi connectivity index (χ0v) is 8.65. The van der Waals surface area contributed by atoms with Gasteiger partial charge in [-0.15, -0.1) is 0 Å².